The first-order valence-electron chi connectivity index (χ1n) is 10.1. The zero-order valence-corrected chi connectivity index (χ0v) is 18.2. The van der Waals surface area contributed by atoms with Gasteiger partial charge in [-0.2, -0.15) is 0 Å². The van der Waals surface area contributed by atoms with Gasteiger partial charge in [-0.15, -0.1) is 0 Å². The van der Waals surface area contributed by atoms with Gasteiger partial charge in [-0.1, -0.05) is 41.5 Å². The Morgan fingerprint density at radius 1 is 1.06 bits per heavy atom. The maximum atomic E-state index is 12.4. The highest BCUT2D eigenvalue weighted by Gasteiger charge is 2.40. The number of ether oxygens (including phenoxy) is 1. The van der Waals surface area contributed by atoms with Gasteiger partial charge in [0.15, 0.2) is 0 Å². The Morgan fingerprint density at radius 3 is 2.41 bits per heavy atom. The second-order valence-corrected chi connectivity index (χ2v) is 8.60. The van der Waals surface area contributed by atoms with Gasteiger partial charge >= 0.3 is 11.9 Å². The molecule has 1 N–H and O–H groups in total. The molecule has 0 radical (unpaired) electrons. The zero-order valence-electron chi connectivity index (χ0n) is 18.2. The molecule has 0 saturated heterocycles. The number of rotatable bonds is 4. The van der Waals surface area contributed by atoms with Gasteiger partial charge in [-0.05, 0) is 66.9 Å². The summed E-state index contributed by atoms with van der Waals surface area (Å²) in [6, 6.07) is 13.9. The third-order valence-electron chi connectivity index (χ3n) is 5.16. The van der Waals surface area contributed by atoms with Crippen LogP contribution in [0.15, 0.2) is 53.5 Å². The lowest BCUT2D eigenvalue weighted by atomic mass is 9.84. The van der Waals surface area contributed by atoms with E-state index in [2.05, 4.69) is 20.5 Å². The number of nitrogens with zero attached hydrogens (tertiary/aromatic N) is 5. The molecule has 0 aliphatic carbocycles. The van der Waals surface area contributed by atoms with Crippen LogP contribution in [0, 0.1) is 5.92 Å². The van der Waals surface area contributed by atoms with E-state index in [1.165, 1.54) is 4.68 Å². The molecular weight excluding hydrogens is 410 g/mol. The summed E-state index contributed by atoms with van der Waals surface area (Å²) in [6.07, 6.45) is 0. The molecule has 0 fully saturated rings. The first kappa shape index (κ1) is 21.4. The number of hydrogen-bond donors (Lipinski definition) is 1. The van der Waals surface area contributed by atoms with Crippen molar-refractivity contribution in [2.24, 2.45) is 10.9 Å². The van der Waals surface area contributed by atoms with Crippen molar-refractivity contribution in [2.75, 3.05) is 0 Å². The predicted molar refractivity (Wildman–Crippen MR) is 117 cm³/mol. The first-order valence-corrected chi connectivity index (χ1v) is 10.1. The van der Waals surface area contributed by atoms with Gasteiger partial charge in [0.25, 0.3) is 5.95 Å². The summed E-state index contributed by atoms with van der Waals surface area (Å²) in [4.78, 5) is 28.8. The average Bonchev–Trinajstić information content (AvgIpc) is 3.19. The Labute approximate surface area is 184 Å². The quantitative estimate of drug-likeness (QED) is 0.623. The number of benzene rings is 2. The second kappa shape index (κ2) is 7.99. The zero-order chi connectivity index (χ0) is 23.0. The number of fused-ring (bicyclic) bond motifs is 1. The molecule has 4 rings (SSSR count). The largest absolute Gasteiger partial charge is 0.481 e. The highest BCUT2D eigenvalue weighted by molar-refractivity contribution is 6.03. The van der Waals surface area contributed by atoms with E-state index < -0.39 is 29.5 Å². The summed E-state index contributed by atoms with van der Waals surface area (Å²) >= 11 is 0. The molecule has 0 bridgehead atoms. The lowest BCUT2D eigenvalue weighted by Gasteiger charge is -2.29. The van der Waals surface area contributed by atoms with Crippen LogP contribution < -0.4 is 0 Å². The van der Waals surface area contributed by atoms with Crippen LogP contribution in [0.4, 0.5) is 5.95 Å². The number of aliphatic imine (C=N–C) groups is 1. The van der Waals surface area contributed by atoms with E-state index in [1.54, 1.807) is 19.1 Å². The highest BCUT2D eigenvalue weighted by Crippen LogP contribution is 2.39. The Hall–Kier alpha value is -3.88. The molecule has 164 valence electrons. The van der Waals surface area contributed by atoms with Crippen LogP contribution in [0.3, 0.4) is 0 Å². The minimum absolute atomic E-state index is 0.264. The molecule has 1 aliphatic rings. The number of carbonyl (C=O) groups is 2. The minimum Gasteiger partial charge on any atom is -0.481 e. The van der Waals surface area contributed by atoms with E-state index in [0.717, 1.165) is 16.7 Å². The Morgan fingerprint density at radius 2 is 1.75 bits per heavy atom. The SMILES string of the molecule is CC1=Nc2nnnn2C(c2ccccc2-c2ccc(C(=O)OC(C)(C)C)cc2)C1C(=O)O. The molecule has 2 heterocycles. The molecular formula is C23H23N5O4. The molecule has 1 aliphatic heterocycles. The third-order valence-corrected chi connectivity index (χ3v) is 5.16. The molecule has 0 spiro atoms. The number of carbonyl (C=O) groups excluding carboxylic acids is 1. The lowest BCUT2D eigenvalue weighted by molar-refractivity contribution is -0.140. The Bertz CT molecular complexity index is 1210. The summed E-state index contributed by atoms with van der Waals surface area (Å²) in [7, 11) is 0. The van der Waals surface area contributed by atoms with E-state index in [4.69, 9.17) is 4.74 Å². The van der Waals surface area contributed by atoms with E-state index in [1.807, 2.05) is 57.2 Å². The maximum absolute atomic E-state index is 12.4. The summed E-state index contributed by atoms with van der Waals surface area (Å²) in [6.45, 7) is 7.12. The molecule has 9 nitrogen and oxygen atoms in total. The van der Waals surface area contributed by atoms with E-state index >= 15 is 0 Å². The van der Waals surface area contributed by atoms with Crippen molar-refractivity contribution in [3.63, 3.8) is 0 Å². The third kappa shape index (κ3) is 4.01. The van der Waals surface area contributed by atoms with E-state index in [0.29, 0.717) is 11.3 Å². The number of aliphatic carboxylic acids is 1. The first-order chi connectivity index (χ1) is 15.2. The number of hydrogen-bond acceptors (Lipinski definition) is 7. The van der Waals surface area contributed by atoms with Crippen LogP contribution >= 0.6 is 0 Å². The topological polar surface area (TPSA) is 120 Å². The molecule has 2 atom stereocenters. The van der Waals surface area contributed by atoms with Gasteiger partial charge in [0.1, 0.15) is 17.6 Å². The fraction of sp³-hybridized carbons (Fsp3) is 0.304. The molecule has 32 heavy (non-hydrogen) atoms. The normalized spacial score (nSPS) is 17.9. The smallest absolute Gasteiger partial charge is 0.338 e. The Balaban J connectivity index is 1.76. The van der Waals surface area contributed by atoms with Gasteiger partial charge in [-0.3, -0.25) is 4.79 Å². The van der Waals surface area contributed by atoms with E-state index in [-0.39, 0.29) is 5.95 Å². The fourth-order valence-electron chi connectivity index (χ4n) is 3.81. The van der Waals surface area contributed by atoms with Crippen LogP contribution in [-0.4, -0.2) is 48.6 Å². The summed E-state index contributed by atoms with van der Waals surface area (Å²) in [5.41, 5.74) is 2.67. The number of tetrazole rings is 1. The van der Waals surface area contributed by atoms with Gasteiger partial charge < -0.3 is 9.84 Å². The van der Waals surface area contributed by atoms with Crippen LogP contribution in [0.5, 0.6) is 0 Å². The number of aromatic nitrogens is 4. The van der Waals surface area contributed by atoms with Crippen LogP contribution in [-0.2, 0) is 9.53 Å². The molecule has 2 unspecified atom stereocenters. The number of esters is 1. The molecule has 2 aromatic carbocycles. The predicted octanol–water partition coefficient (Wildman–Crippen LogP) is 3.69. The lowest BCUT2D eigenvalue weighted by Crippen LogP contribution is -2.36. The van der Waals surface area contributed by atoms with Crippen molar-refractivity contribution in [1.29, 1.82) is 0 Å². The second-order valence-electron chi connectivity index (χ2n) is 8.60. The van der Waals surface area contributed by atoms with Crippen LogP contribution in [0.1, 0.15) is 49.7 Å². The standard InChI is InChI=1S/C23H23N5O4/c1-13-18(20(29)30)19(28-22(24-13)25-26-27-28)17-8-6-5-7-16(17)14-9-11-15(12-10-14)21(31)32-23(2,3)4/h5-12,18-19H,1-4H3,(H,29,30). The van der Waals surface area contributed by atoms with Crippen molar-refractivity contribution >= 4 is 23.6 Å². The van der Waals surface area contributed by atoms with Gasteiger partial charge in [0.05, 0.1) is 5.56 Å². The highest BCUT2D eigenvalue weighted by atomic mass is 16.6. The molecule has 0 saturated carbocycles. The van der Waals surface area contributed by atoms with Crippen molar-refractivity contribution in [2.45, 2.75) is 39.3 Å². The Kier molecular flexibility index (Phi) is 5.33. The molecule has 1 aromatic heterocycles. The van der Waals surface area contributed by atoms with Crippen LogP contribution in [0.25, 0.3) is 11.1 Å². The van der Waals surface area contributed by atoms with Crippen molar-refractivity contribution in [3.8, 4) is 11.1 Å². The maximum Gasteiger partial charge on any atom is 0.338 e. The van der Waals surface area contributed by atoms with Gasteiger partial charge in [0.2, 0.25) is 0 Å². The van der Waals surface area contributed by atoms with Gasteiger partial charge in [0, 0.05) is 5.71 Å². The monoisotopic (exact) mass is 433 g/mol. The summed E-state index contributed by atoms with van der Waals surface area (Å²) < 4.78 is 6.87. The van der Waals surface area contributed by atoms with Crippen LogP contribution in [0.2, 0.25) is 0 Å². The van der Waals surface area contributed by atoms with Gasteiger partial charge in [-0.25, -0.2) is 14.5 Å². The summed E-state index contributed by atoms with van der Waals surface area (Å²) in [5, 5.41) is 21.5. The van der Waals surface area contributed by atoms with Crippen molar-refractivity contribution in [3.05, 3.63) is 59.7 Å². The number of carboxylic acids is 1. The minimum atomic E-state index is -1.01. The molecule has 3 aromatic rings. The van der Waals surface area contributed by atoms with Crippen molar-refractivity contribution in [1.82, 2.24) is 20.2 Å². The molecule has 0 amide bonds. The average molecular weight is 433 g/mol. The number of carboxylic acid groups (broad SMARTS) is 1. The fourth-order valence-corrected chi connectivity index (χ4v) is 3.81. The molecule has 9 heteroatoms. The summed E-state index contributed by atoms with van der Waals surface area (Å²) in [5.74, 6) is -2.07. The van der Waals surface area contributed by atoms with Crippen molar-refractivity contribution < 1.29 is 19.4 Å². The van der Waals surface area contributed by atoms with E-state index in [9.17, 15) is 14.7 Å².